The highest BCUT2D eigenvalue weighted by Crippen LogP contribution is 2.32. The summed E-state index contributed by atoms with van der Waals surface area (Å²) in [4.78, 5) is 11.6. The Labute approximate surface area is 95.3 Å². The summed E-state index contributed by atoms with van der Waals surface area (Å²) in [6.07, 6.45) is 0. The fourth-order valence-electron chi connectivity index (χ4n) is 1.59. The number of ether oxygens (including phenoxy) is 2. The zero-order valence-electron chi connectivity index (χ0n) is 10.0. The van der Waals surface area contributed by atoms with Crippen LogP contribution in [0.25, 0.3) is 0 Å². The molecule has 88 valence electrons. The second-order valence-electron chi connectivity index (χ2n) is 3.84. The molecule has 0 atom stereocenters. The van der Waals surface area contributed by atoms with Crippen molar-refractivity contribution >= 4 is 11.7 Å². The first-order valence-electron chi connectivity index (χ1n) is 5.07. The van der Waals surface area contributed by atoms with Gasteiger partial charge in [-0.15, -0.1) is 0 Å². The molecule has 0 bridgehead atoms. The van der Waals surface area contributed by atoms with Crippen LogP contribution in [0.2, 0.25) is 0 Å². The second kappa shape index (κ2) is 4.88. The predicted octanol–water partition coefficient (Wildman–Crippen LogP) is 2.19. The molecule has 0 aliphatic rings. The van der Waals surface area contributed by atoms with E-state index in [1.54, 1.807) is 6.07 Å². The summed E-state index contributed by atoms with van der Waals surface area (Å²) >= 11 is 0. The average molecular weight is 223 g/mol. The largest absolute Gasteiger partial charge is 0.496 e. The lowest BCUT2D eigenvalue weighted by Gasteiger charge is -2.15. The van der Waals surface area contributed by atoms with Crippen LogP contribution in [0.5, 0.6) is 5.75 Å². The molecule has 0 amide bonds. The van der Waals surface area contributed by atoms with Gasteiger partial charge in [-0.05, 0) is 23.6 Å². The lowest BCUT2D eigenvalue weighted by atomic mass is 9.98. The van der Waals surface area contributed by atoms with Gasteiger partial charge in [0.15, 0.2) is 0 Å². The number of hydrogen-bond acceptors (Lipinski definition) is 4. The number of anilines is 1. The lowest BCUT2D eigenvalue weighted by molar-refractivity contribution is 0.0597. The summed E-state index contributed by atoms with van der Waals surface area (Å²) in [6, 6.07) is 3.38. The maximum Gasteiger partial charge on any atom is 0.341 e. The molecule has 0 heterocycles. The summed E-state index contributed by atoms with van der Waals surface area (Å²) in [5.74, 6) is 0.323. The van der Waals surface area contributed by atoms with Crippen LogP contribution in [0.15, 0.2) is 12.1 Å². The van der Waals surface area contributed by atoms with E-state index in [1.807, 2.05) is 19.9 Å². The van der Waals surface area contributed by atoms with E-state index in [1.165, 1.54) is 14.2 Å². The van der Waals surface area contributed by atoms with Gasteiger partial charge in [-0.3, -0.25) is 0 Å². The third-order valence-corrected chi connectivity index (χ3v) is 2.37. The highest BCUT2D eigenvalue weighted by atomic mass is 16.5. The SMILES string of the molecule is COC(=O)c1cc(N)cc(C(C)C)c1OC. The molecule has 1 rings (SSSR count). The lowest BCUT2D eigenvalue weighted by Crippen LogP contribution is -2.08. The fourth-order valence-corrected chi connectivity index (χ4v) is 1.59. The van der Waals surface area contributed by atoms with Gasteiger partial charge in [0.1, 0.15) is 11.3 Å². The molecule has 4 heteroatoms. The number of nitrogens with two attached hydrogens (primary N) is 1. The van der Waals surface area contributed by atoms with Gasteiger partial charge >= 0.3 is 5.97 Å². The normalized spacial score (nSPS) is 10.3. The predicted molar refractivity (Wildman–Crippen MR) is 62.8 cm³/mol. The number of carbonyl (C=O) groups is 1. The number of benzene rings is 1. The van der Waals surface area contributed by atoms with E-state index < -0.39 is 5.97 Å². The van der Waals surface area contributed by atoms with E-state index in [-0.39, 0.29) is 5.92 Å². The Hall–Kier alpha value is -1.71. The Kier molecular flexibility index (Phi) is 3.77. The van der Waals surface area contributed by atoms with E-state index in [0.29, 0.717) is 17.0 Å². The maximum absolute atomic E-state index is 11.6. The summed E-state index contributed by atoms with van der Waals surface area (Å²) in [5, 5.41) is 0. The highest BCUT2D eigenvalue weighted by Gasteiger charge is 2.19. The van der Waals surface area contributed by atoms with Gasteiger partial charge in [-0.25, -0.2) is 4.79 Å². The molecule has 4 nitrogen and oxygen atoms in total. The van der Waals surface area contributed by atoms with E-state index in [2.05, 4.69) is 0 Å². The topological polar surface area (TPSA) is 61.5 Å². The molecule has 0 aliphatic carbocycles. The Bertz CT molecular complexity index is 399. The molecule has 2 N–H and O–H groups in total. The Balaban J connectivity index is 3.41. The first kappa shape index (κ1) is 12.4. The average Bonchev–Trinajstić information content (AvgIpc) is 2.26. The maximum atomic E-state index is 11.6. The smallest absolute Gasteiger partial charge is 0.341 e. The number of esters is 1. The molecule has 0 aromatic heterocycles. The van der Waals surface area contributed by atoms with Gasteiger partial charge in [0.2, 0.25) is 0 Å². The molecule has 0 saturated heterocycles. The quantitative estimate of drug-likeness (QED) is 0.630. The van der Waals surface area contributed by atoms with E-state index in [9.17, 15) is 4.79 Å². The zero-order valence-corrected chi connectivity index (χ0v) is 10.0. The van der Waals surface area contributed by atoms with Crippen LogP contribution >= 0.6 is 0 Å². The second-order valence-corrected chi connectivity index (χ2v) is 3.84. The molecule has 0 saturated carbocycles. The Morgan fingerprint density at radius 1 is 1.31 bits per heavy atom. The van der Waals surface area contributed by atoms with Gasteiger partial charge < -0.3 is 15.2 Å². The molecule has 1 aromatic carbocycles. The van der Waals surface area contributed by atoms with Crippen molar-refractivity contribution in [3.63, 3.8) is 0 Å². The number of hydrogen-bond donors (Lipinski definition) is 1. The van der Waals surface area contributed by atoms with Gasteiger partial charge in [-0.2, -0.15) is 0 Å². The molecule has 0 spiro atoms. The zero-order chi connectivity index (χ0) is 12.3. The Morgan fingerprint density at radius 2 is 1.94 bits per heavy atom. The van der Waals surface area contributed by atoms with Crippen molar-refractivity contribution in [3.8, 4) is 5.75 Å². The van der Waals surface area contributed by atoms with Crippen molar-refractivity contribution < 1.29 is 14.3 Å². The molecule has 1 aromatic rings. The van der Waals surface area contributed by atoms with Gasteiger partial charge in [0, 0.05) is 5.69 Å². The van der Waals surface area contributed by atoms with Gasteiger partial charge in [0.25, 0.3) is 0 Å². The van der Waals surface area contributed by atoms with Gasteiger partial charge in [-0.1, -0.05) is 13.8 Å². The number of nitrogen functional groups attached to an aromatic ring is 1. The van der Waals surface area contributed by atoms with Crippen molar-refractivity contribution in [2.75, 3.05) is 20.0 Å². The first-order chi connectivity index (χ1) is 7.51. The Morgan fingerprint density at radius 3 is 2.38 bits per heavy atom. The van der Waals surface area contributed by atoms with Crippen molar-refractivity contribution in [2.24, 2.45) is 0 Å². The molecular weight excluding hydrogens is 206 g/mol. The third kappa shape index (κ3) is 2.27. The summed E-state index contributed by atoms with van der Waals surface area (Å²) < 4.78 is 9.95. The summed E-state index contributed by atoms with van der Waals surface area (Å²) in [5.41, 5.74) is 7.56. The van der Waals surface area contributed by atoms with Crippen LogP contribution in [-0.4, -0.2) is 20.2 Å². The van der Waals surface area contributed by atoms with Crippen molar-refractivity contribution in [1.29, 1.82) is 0 Å². The summed E-state index contributed by atoms with van der Waals surface area (Å²) in [7, 11) is 2.86. The molecular formula is C12H17NO3. The van der Waals surface area contributed by atoms with E-state index in [0.717, 1.165) is 5.56 Å². The molecule has 0 fully saturated rings. The monoisotopic (exact) mass is 223 g/mol. The van der Waals surface area contributed by atoms with Crippen molar-refractivity contribution in [3.05, 3.63) is 23.3 Å². The van der Waals surface area contributed by atoms with Crippen LogP contribution in [0.4, 0.5) is 5.69 Å². The summed E-state index contributed by atoms with van der Waals surface area (Å²) in [6.45, 7) is 4.02. The van der Waals surface area contributed by atoms with E-state index >= 15 is 0 Å². The number of carbonyl (C=O) groups excluding carboxylic acids is 1. The number of methoxy groups -OCH3 is 2. The van der Waals surface area contributed by atoms with Crippen LogP contribution < -0.4 is 10.5 Å². The third-order valence-electron chi connectivity index (χ3n) is 2.37. The minimum Gasteiger partial charge on any atom is -0.496 e. The minimum atomic E-state index is -0.439. The fraction of sp³-hybridized carbons (Fsp3) is 0.417. The van der Waals surface area contributed by atoms with E-state index in [4.69, 9.17) is 15.2 Å². The van der Waals surface area contributed by atoms with Crippen LogP contribution in [-0.2, 0) is 4.74 Å². The molecule has 0 radical (unpaired) electrons. The minimum absolute atomic E-state index is 0.224. The molecule has 0 unspecified atom stereocenters. The highest BCUT2D eigenvalue weighted by molar-refractivity contribution is 5.94. The van der Waals surface area contributed by atoms with Gasteiger partial charge in [0.05, 0.1) is 14.2 Å². The number of rotatable bonds is 3. The van der Waals surface area contributed by atoms with Crippen LogP contribution in [0, 0.1) is 0 Å². The molecule has 16 heavy (non-hydrogen) atoms. The van der Waals surface area contributed by atoms with Crippen LogP contribution in [0.1, 0.15) is 35.7 Å². The van der Waals surface area contributed by atoms with Crippen LogP contribution in [0.3, 0.4) is 0 Å². The van der Waals surface area contributed by atoms with Crippen molar-refractivity contribution in [1.82, 2.24) is 0 Å². The molecule has 0 aliphatic heterocycles. The first-order valence-corrected chi connectivity index (χ1v) is 5.07. The van der Waals surface area contributed by atoms with Crippen molar-refractivity contribution in [2.45, 2.75) is 19.8 Å². The standard InChI is InChI=1S/C12H17NO3/c1-7(2)9-5-8(13)6-10(11(9)15-3)12(14)16-4/h5-7H,13H2,1-4H3.